The number of anilines is 1. The van der Waals surface area contributed by atoms with E-state index in [1.54, 1.807) is 20.8 Å². The fourth-order valence-electron chi connectivity index (χ4n) is 1.26. The minimum Gasteiger partial charge on any atom is -0.507 e. The van der Waals surface area contributed by atoms with Crippen LogP contribution in [0.25, 0.3) is 0 Å². The molecule has 0 radical (unpaired) electrons. The molecule has 0 aliphatic rings. The van der Waals surface area contributed by atoms with Crippen LogP contribution < -0.4 is 5.32 Å². The molecule has 0 spiro atoms. The van der Waals surface area contributed by atoms with Crippen molar-refractivity contribution < 1.29 is 27.8 Å². The minimum atomic E-state index is -4.70. The second kappa shape index (κ2) is 4.99. The van der Waals surface area contributed by atoms with Gasteiger partial charge in [0.05, 0.1) is 5.56 Å². The van der Waals surface area contributed by atoms with Gasteiger partial charge in [-0.1, -0.05) is 0 Å². The first-order chi connectivity index (χ1) is 8.49. The number of alkyl halides is 3. The molecular formula is C12H14F3NO3. The number of carbonyl (C=O) groups is 1. The Balaban J connectivity index is 2.89. The van der Waals surface area contributed by atoms with Gasteiger partial charge in [-0.05, 0) is 39.0 Å². The molecule has 0 heterocycles. The molecule has 0 saturated carbocycles. The average molecular weight is 277 g/mol. The summed E-state index contributed by atoms with van der Waals surface area (Å²) in [6, 6.07) is 2.64. The van der Waals surface area contributed by atoms with Crippen LogP contribution in [0.1, 0.15) is 26.3 Å². The maximum absolute atomic E-state index is 12.5. The van der Waals surface area contributed by atoms with Crippen molar-refractivity contribution in [3.63, 3.8) is 0 Å². The van der Waals surface area contributed by atoms with Crippen LogP contribution >= 0.6 is 0 Å². The molecule has 1 aromatic rings. The van der Waals surface area contributed by atoms with Gasteiger partial charge in [0.2, 0.25) is 0 Å². The van der Waals surface area contributed by atoms with E-state index >= 15 is 0 Å². The molecule has 1 amide bonds. The Morgan fingerprint density at radius 1 is 1.26 bits per heavy atom. The lowest BCUT2D eigenvalue weighted by Gasteiger charge is -2.20. The van der Waals surface area contributed by atoms with Gasteiger partial charge in [-0.3, -0.25) is 5.32 Å². The third-order valence-corrected chi connectivity index (χ3v) is 1.95. The van der Waals surface area contributed by atoms with Gasteiger partial charge in [0.15, 0.2) is 0 Å². The molecule has 0 fully saturated rings. The predicted octanol–water partition coefficient (Wildman–Crippen LogP) is 3.76. The van der Waals surface area contributed by atoms with E-state index in [9.17, 15) is 18.0 Å². The van der Waals surface area contributed by atoms with Crippen LogP contribution in [0.15, 0.2) is 18.2 Å². The molecule has 0 unspecified atom stereocenters. The number of nitrogens with one attached hydrogen (secondary N) is 1. The number of aromatic hydroxyl groups is 1. The maximum Gasteiger partial charge on any atom is 0.420 e. The van der Waals surface area contributed by atoms with Crippen LogP contribution in [-0.2, 0) is 10.9 Å². The highest BCUT2D eigenvalue weighted by Gasteiger charge is 2.34. The Bertz CT molecular complexity index is 478. The number of hydrogen-bond donors (Lipinski definition) is 2. The molecule has 0 bridgehead atoms. The van der Waals surface area contributed by atoms with Crippen molar-refractivity contribution in [1.29, 1.82) is 0 Å². The number of rotatable bonds is 1. The molecule has 1 rings (SSSR count). The van der Waals surface area contributed by atoms with Gasteiger partial charge in [0.1, 0.15) is 11.4 Å². The lowest BCUT2D eigenvalue weighted by Crippen LogP contribution is -2.27. The Labute approximate surface area is 108 Å². The lowest BCUT2D eigenvalue weighted by molar-refractivity contribution is -0.138. The minimum absolute atomic E-state index is 0.112. The van der Waals surface area contributed by atoms with Crippen LogP contribution in [-0.4, -0.2) is 16.8 Å². The molecule has 2 N–H and O–H groups in total. The highest BCUT2D eigenvalue weighted by atomic mass is 19.4. The summed E-state index contributed by atoms with van der Waals surface area (Å²) < 4.78 is 42.5. The molecule has 0 saturated heterocycles. The van der Waals surface area contributed by atoms with Gasteiger partial charge in [-0.25, -0.2) is 4.79 Å². The number of hydrogen-bond acceptors (Lipinski definition) is 3. The zero-order valence-electron chi connectivity index (χ0n) is 10.6. The van der Waals surface area contributed by atoms with E-state index in [1.807, 2.05) is 0 Å². The fraction of sp³-hybridized carbons (Fsp3) is 0.417. The van der Waals surface area contributed by atoms with Crippen molar-refractivity contribution in [3.8, 4) is 5.75 Å². The average Bonchev–Trinajstić information content (AvgIpc) is 2.16. The number of benzene rings is 1. The molecular weight excluding hydrogens is 263 g/mol. The summed E-state index contributed by atoms with van der Waals surface area (Å²) in [5.41, 5.74) is -2.09. The first kappa shape index (κ1) is 15.1. The molecule has 4 nitrogen and oxygen atoms in total. The van der Waals surface area contributed by atoms with E-state index in [0.29, 0.717) is 6.07 Å². The summed E-state index contributed by atoms with van der Waals surface area (Å²) in [6.07, 6.45) is -5.57. The number of phenols is 1. The SMILES string of the molecule is CC(C)(C)OC(=O)Nc1ccc(O)c(C(F)(F)F)c1. The number of phenolic OH excluding ortho intramolecular Hbond substituents is 1. The lowest BCUT2D eigenvalue weighted by atomic mass is 10.1. The number of carbonyl (C=O) groups excluding carboxylic acids is 1. The molecule has 19 heavy (non-hydrogen) atoms. The third-order valence-electron chi connectivity index (χ3n) is 1.95. The topological polar surface area (TPSA) is 58.6 Å². The highest BCUT2D eigenvalue weighted by molar-refractivity contribution is 5.85. The Kier molecular flexibility index (Phi) is 3.97. The molecule has 0 aliphatic heterocycles. The molecule has 1 aromatic carbocycles. The van der Waals surface area contributed by atoms with Crippen molar-refractivity contribution in [2.24, 2.45) is 0 Å². The Hall–Kier alpha value is -1.92. The van der Waals surface area contributed by atoms with Crippen LogP contribution in [0.3, 0.4) is 0 Å². The van der Waals surface area contributed by atoms with Gasteiger partial charge in [-0.15, -0.1) is 0 Å². The summed E-state index contributed by atoms with van der Waals surface area (Å²) in [4.78, 5) is 11.4. The van der Waals surface area contributed by atoms with Crippen LogP contribution in [0, 0.1) is 0 Å². The van der Waals surface area contributed by atoms with E-state index < -0.39 is 29.2 Å². The van der Waals surface area contributed by atoms with E-state index in [1.165, 1.54) is 0 Å². The monoisotopic (exact) mass is 277 g/mol. The highest BCUT2D eigenvalue weighted by Crippen LogP contribution is 2.37. The number of ether oxygens (including phenoxy) is 1. The van der Waals surface area contributed by atoms with Crippen LogP contribution in [0.5, 0.6) is 5.75 Å². The van der Waals surface area contributed by atoms with Crippen LogP contribution in [0.4, 0.5) is 23.7 Å². The first-order valence-electron chi connectivity index (χ1n) is 5.39. The van der Waals surface area contributed by atoms with Gasteiger partial charge in [0.25, 0.3) is 0 Å². The summed E-state index contributed by atoms with van der Waals surface area (Å²) in [6.45, 7) is 4.89. The number of amides is 1. The van der Waals surface area contributed by atoms with Crippen molar-refractivity contribution in [2.45, 2.75) is 32.5 Å². The first-order valence-corrected chi connectivity index (χ1v) is 5.39. The van der Waals surface area contributed by atoms with Gasteiger partial charge < -0.3 is 9.84 Å². The summed E-state index contributed by atoms with van der Waals surface area (Å²) in [5, 5.41) is 11.3. The third kappa shape index (κ3) is 4.69. The van der Waals surface area contributed by atoms with E-state index in [0.717, 1.165) is 12.1 Å². The number of halogens is 3. The summed E-state index contributed by atoms with van der Waals surface area (Å²) in [7, 11) is 0. The normalized spacial score (nSPS) is 12.1. The van der Waals surface area contributed by atoms with Crippen molar-refractivity contribution in [2.75, 3.05) is 5.32 Å². The van der Waals surface area contributed by atoms with Crippen molar-refractivity contribution >= 4 is 11.8 Å². The van der Waals surface area contributed by atoms with E-state index in [-0.39, 0.29) is 5.69 Å². The second-order valence-electron chi connectivity index (χ2n) is 4.86. The van der Waals surface area contributed by atoms with Gasteiger partial charge >= 0.3 is 12.3 Å². The zero-order valence-corrected chi connectivity index (χ0v) is 10.6. The molecule has 7 heteroatoms. The fourth-order valence-corrected chi connectivity index (χ4v) is 1.26. The Morgan fingerprint density at radius 2 is 1.84 bits per heavy atom. The summed E-state index contributed by atoms with van der Waals surface area (Å²) >= 11 is 0. The van der Waals surface area contributed by atoms with Crippen molar-refractivity contribution in [1.82, 2.24) is 0 Å². The predicted molar refractivity (Wildman–Crippen MR) is 63.0 cm³/mol. The molecule has 0 atom stereocenters. The van der Waals surface area contributed by atoms with E-state index in [4.69, 9.17) is 9.84 Å². The molecule has 0 aliphatic carbocycles. The second-order valence-corrected chi connectivity index (χ2v) is 4.86. The van der Waals surface area contributed by atoms with Crippen LogP contribution in [0.2, 0.25) is 0 Å². The smallest absolute Gasteiger partial charge is 0.420 e. The largest absolute Gasteiger partial charge is 0.507 e. The van der Waals surface area contributed by atoms with Crippen molar-refractivity contribution in [3.05, 3.63) is 23.8 Å². The molecule has 106 valence electrons. The zero-order chi connectivity index (χ0) is 14.8. The summed E-state index contributed by atoms with van der Waals surface area (Å²) in [5.74, 6) is -0.901. The molecule has 0 aromatic heterocycles. The van der Waals surface area contributed by atoms with E-state index in [2.05, 4.69) is 5.32 Å². The quantitative estimate of drug-likeness (QED) is 0.768. The Morgan fingerprint density at radius 3 is 2.32 bits per heavy atom. The van der Waals surface area contributed by atoms with Gasteiger partial charge in [0, 0.05) is 5.69 Å². The standard InChI is InChI=1S/C12H14F3NO3/c1-11(2,3)19-10(18)16-7-4-5-9(17)8(6-7)12(13,14)15/h4-6,17H,1-3H3,(H,16,18). The maximum atomic E-state index is 12.5. The van der Waals surface area contributed by atoms with Gasteiger partial charge in [-0.2, -0.15) is 13.2 Å².